The van der Waals surface area contributed by atoms with E-state index in [0.717, 1.165) is 31.7 Å². The van der Waals surface area contributed by atoms with Gasteiger partial charge in [-0.1, -0.05) is 12.8 Å². The van der Waals surface area contributed by atoms with Crippen molar-refractivity contribution < 1.29 is 13.2 Å². The summed E-state index contributed by atoms with van der Waals surface area (Å²) in [4.78, 5) is 3.84. The first kappa shape index (κ1) is 18.1. The van der Waals surface area contributed by atoms with E-state index in [-0.39, 0.29) is 28.5 Å². The van der Waals surface area contributed by atoms with Crippen LogP contribution in [0.2, 0.25) is 0 Å². The lowest BCUT2D eigenvalue weighted by molar-refractivity contribution is -0.141. The number of nitrogens with one attached hydrogen (secondary N) is 1. The molecule has 0 radical (unpaired) electrons. The predicted molar refractivity (Wildman–Crippen MR) is 85.1 cm³/mol. The Balaban J connectivity index is 2.45. The first-order chi connectivity index (χ1) is 10.9. The Hall–Kier alpha value is -1.26. The highest BCUT2D eigenvalue weighted by Gasteiger charge is 2.36. The van der Waals surface area contributed by atoms with Crippen LogP contribution in [0.25, 0.3) is 0 Å². The van der Waals surface area contributed by atoms with Gasteiger partial charge in [-0.05, 0) is 44.4 Å². The maximum absolute atomic E-state index is 13.0. The molecule has 1 heterocycles. The predicted octanol–water partition coefficient (Wildman–Crippen LogP) is 4.11. The molecule has 7 heteroatoms. The molecule has 3 nitrogen and oxygen atoms in total. The number of hydrogen-bond acceptors (Lipinski definition) is 4. The average Bonchev–Trinajstić information content (AvgIpc) is 3.05. The zero-order valence-corrected chi connectivity index (χ0v) is 13.8. The number of aromatic nitrogens is 1. The summed E-state index contributed by atoms with van der Waals surface area (Å²) >= 11 is 4.41. The second-order valence-electron chi connectivity index (χ2n) is 5.93. The number of hydrogen-bond donors (Lipinski definition) is 2. The van der Waals surface area contributed by atoms with E-state index >= 15 is 0 Å². The van der Waals surface area contributed by atoms with Gasteiger partial charge in [-0.15, -0.1) is 0 Å². The van der Waals surface area contributed by atoms with Gasteiger partial charge in [0.15, 0.2) is 0 Å². The molecule has 1 aliphatic carbocycles. The zero-order chi connectivity index (χ0) is 17.0. The van der Waals surface area contributed by atoms with Crippen molar-refractivity contribution in [3.8, 4) is 6.07 Å². The van der Waals surface area contributed by atoms with Crippen molar-refractivity contribution in [2.75, 3.05) is 7.05 Å². The van der Waals surface area contributed by atoms with Gasteiger partial charge in [-0.2, -0.15) is 31.1 Å². The Bertz CT molecular complexity index is 577. The number of nitrogens with zero attached hydrogens (tertiary/aromatic N) is 2. The smallest absolute Gasteiger partial charge is 0.309 e. The van der Waals surface area contributed by atoms with Crippen molar-refractivity contribution in [1.29, 1.82) is 5.26 Å². The zero-order valence-electron chi connectivity index (χ0n) is 12.9. The van der Waals surface area contributed by atoms with Crippen molar-refractivity contribution >= 4 is 12.6 Å². The molecule has 0 aliphatic heterocycles. The van der Waals surface area contributed by atoms with Crippen LogP contribution in [-0.2, 0) is 6.18 Å². The first-order valence-electron chi connectivity index (χ1n) is 7.70. The number of pyridine rings is 1. The summed E-state index contributed by atoms with van der Waals surface area (Å²) in [5.41, 5.74) is -0.440. The molecular formula is C16H20F3N3S. The number of nitriles is 1. The highest BCUT2D eigenvalue weighted by molar-refractivity contribution is 7.80. The van der Waals surface area contributed by atoms with Crippen molar-refractivity contribution in [2.24, 2.45) is 5.92 Å². The molecule has 0 amide bonds. The molecule has 1 aromatic heterocycles. The quantitative estimate of drug-likeness (QED) is 0.625. The minimum Gasteiger partial charge on any atom is -0.309 e. The summed E-state index contributed by atoms with van der Waals surface area (Å²) < 4.78 is 39.0. The molecule has 23 heavy (non-hydrogen) atoms. The van der Waals surface area contributed by atoms with Crippen LogP contribution in [0, 0.1) is 17.2 Å². The summed E-state index contributed by atoms with van der Waals surface area (Å²) in [7, 11) is 1.76. The molecule has 0 bridgehead atoms. The fraction of sp³-hybridized carbons (Fsp3) is 0.625. The maximum atomic E-state index is 13.0. The number of thiol groups is 1. The third-order valence-corrected chi connectivity index (χ3v) is 4.94. The van der Waals surface area contributed by atoms with Gasteiger partial charge in [-0.25, -0.2) is 4.98 Å². The molecule has 0 aromatic carbocycles. The Kier molecular flexibility index (Phi) is 5.93. The molecule has 1 N–H and O–H groups in total. The highest BCUT2D eigenvalue weighted by atomic mass is 32.1. The molecule has 1 saturated carbocycles. The van der Waals surface area contributed by atoms with E-state index in [0.29, 0.717) is 6.42 Å². The van der Waals surface area contributed by atoms with Crippen molar-refractivity contribution in [3.63, 3.8) is 0 Å². The van der Waals surface area contributed by atoms with Gasteiger partial charge in [0, 0.05) is 5.92 Å². The van der Waals surface area contributed by atoms with Gasteiger partial charge < -0.3 is 5.32 Å². The summed E-state index contributed by atoms with van der Waals surface area (Å²) in [6, 6.07) is 4.11. The molecule has 0 spiro atoms. The van der Waals surface area contributed by atoms with Crippen LogP contribution in [-0.4, -0.2) is 17.4 Å². The van der Waals surface area contributed by atoms with Crippen LogP contribution in [0.4, 0.5) is 13.2 Å². The normalized spacial score (nSPS) is 18.6. The molecule has 2 rings (SSSR count). The largest absolute Gasteiger partial charge is 0.433 e. The summed E-state index contributed by atoms with van der Waals surface area (Å²) in [6.45, 7) is 0. The summed E-state index contributed by atoms with van der Waals surface area (Å²) in [5.74, 6) is 0.0606. The molecule has 2 unspecified atom stereocenters. The second kappa shape index (κ2) is 7.54. The fourth-order valence-electron chi connectivity index (χ4n) is 3.26. The SMILES string of the molecule is CNC(S)CC(c1nc(C(F)(F)F)ccc1C#N)C1CCCC1. The lowest BCUT2D eigenvalue weighted by Gasteiger charge is -2.27. The van der Waals surface area contributed by atoms with Gasteiger partial charge in [0.1, 0.15) is 11.8 Å². The molecule has 2 atom stereocenters. The van der Waals surface area contributed by atoms with E-state index in [1.54, 1.807) is 7.05 Å². The number of rotatable bonds is 5. The first-order valence-corrected chi connectivity index (χ1v) is 8.22. The van der Waals surface area contributed by atoms with Gasteiger partial charge in [0.05, 0.1) is 16.6 Å². The van der Waals surface area contributed by atoms with E-state index in [9.17, 15) is 18.4 Å². The highest BCUT2D eigenvalue weighted by Crippen LogP contribution is 2.41. The van der Waals surface area contributed by atoms with Gasteiger partial charge >= 0.3 is 6.18 Å². The van der Waals surface area contributed by atoms with Crippen LogP contribution >= 0.6 is 12.6 Å². The fourth-order valence-corrected chi connectivity index (χ4v) is 3.48. The molecule has 1 aromatic rings. The summed E-state index contributed by atoms with van der Waals surface area (Å²) in [5, 5.41) is 12.1. The van der Waals surface area contributed by atoms with Crippen molar-refractivity contribution in [3.05, 3.63) is 29.1 Å². The third kappa shape index (κ3) is 4.39. The van der Waals surface area contributed by atoms with E-state index in [2.05, 4.69) is 22.9 Å². The lowest BCUT2D eigenvalue weighted by atomic mass is 9.83. The summed E-state index contributed by atoms with van der Waals surface area (Å²) in [6.07, 6.45) is 0.0898. The van der Waals surface area contributed by atoms with E-state index in [1.807, 2.05) is 6.07 Å². The van der Waals surface area contributed by atoms with Crippen molar-refractivity contribution in [2.45, 2.75) is 49.6 Å². The Morgan fingerprint density at radius 1 is 1.39 bits per heavy atom. The maximum Gasteiger partial charge on any atom is 0.433 e. The number of alkyl halides is 3. The van der Waals surface area contributed by atoms with Crippen LogP contribution < -0.4 is 5.32 Å². The van der Waals surface area contributed by atoms with E-state index in [1.165, 1.54) is 6.07 Å². The average molecular weight is 343 g/mol. The van der Waals surface area contributed by atoms with E-state index in [4.69, 9.17) is 0 Å². The van der Waals surface area contributed by atoms with Crippen LogP contribution in [0.5, 0.6) is 0 Å². The molecule has 1 aliphatic rings. The Morgan fingerprint density at radius 2 is 2.04 bits per heavy atom. The molecule has 1 fully saturated rings. The van der Waals surface area contributed by atoms with Crippen LogP contribution in [0.1, 0.15) is 55.0 Å². The van der Waals surface area contributed by atoms with Gasteiger partial charge in [-0.3, -0.25) is 0 Å². The van der Waals surface area contributed by atoms with Gasteiger partial charge in [0.25, 0.3) is 0 Å². The topological polar surface area (TPSA) is 48.7 Å². The Morgan fingerprint density at radius 3 is 2.57 bits per heavy atom. The monoisotopic (exact) mass is 343 g/mol. The minimum absolute atomic E-state index is 0.150. The standard InChI is InChI=1S/C16H20F3N3S/c1-21-14(23)8-12(10-4-2-3-5-10)15-11(9-20)6-7-13(22-15)16(17,18)19/h6-7,10,12,14,21,23H,2-5,8H2,1H3. The van der Waals surface area contributed by atoms with Gasteiger partial charge in [0.2, 0.25) is 0 Å². The van der Waals surface area contributed by atoms with Crippen molar-refractivity contribution in [1.82, 2.24) is 10.3 Å². The molecule has 126 valence electrons. The second-order valence-corrected chi connectivity index (χ2v) is 6.55. The van der Waals surface area contributed by atoms with E-state index < -0.39 is 11.9 Å². The lowest BCUT2D eigenvalue weighted by Crippen LogP contribution is -2.26. The molecule has 0 saturated heterocycles. The van der Waals surface area contributed by atoms with Crippen LogP contribution in [0.15, 0.2) is 12.1 Å². The third-order valence-electron chi connectivity index (χ3n) is 4.47. The minimum atomic E-state index is -4.51. The Labute approximate surface area is 139 Å². The van der Waals surface area contributed by atoms with Crippen LogP contribution in [0.3, 0.4) is 0 Å². The molecular weight excluding hydrogens is 323 g/mol. The number of halogens is 3.